The second-order valence-corrected chi connectivity index (χ2v) is 7.43. The van der Waals surface area contributed by atoms with Crippen LogP contribution in [0.1, 0.15) is 48.0 Å². The summed E-state index contributed by atoms with van der Waals surface area (Å²) in [6.45, 7) is 10.2. The number of carbonyl (C=O) groups is 2. The van der Waals surface area contributed by atoms with Crippen molar-refractivity contribution in [2.24, 2.45) is 0 Å². The molecule has 0 fully saturated rings. The van der Waals surface area contributed by atoms with Gasteiger partial charge in [0, 0.05) is 0 Å². The van der Waals surface area contributed by atoms with Gasteiger partial charge in [-0.2, -0.15) is 0 Å². The molecule has 1 N–H and O–H groups in total. The predicted molar refractivity (Wildman–Crippen MR) is 81.7 cm³/mol. The van der Waals surface area contributed by atoms with Crippen LogP contribution >= 0.6 is 0 Å². The first kappa shape index (κ1) is 20.6. The summed E-state index contributed by atoms with van der Waals surface area (Å²) in [5, 5.41) is 3.28. The minimum Gasteiger partial charge on any atom is -0.769 e. The van der Waals surface area contributed by atoms with Gasteiger partial charge in [0.2, 0.25) is 0 Å². The normalized spacial score (nSPS) is 15.2. The van der Waals surface area contributed by atoms with Crippen LogP contribution in [0.3, 0.4) is 0 Å². The van der Waals surface area contributed by atoms with Crippen molar-refractivity contribution in [3.8, 4) is 0 Å². The third-order valence-corrected chi connectivity index (χ3v) is 2.31. The SMILES string of the molecule is CC(C)(C)OC(=O)C[C@@H](/C=C/S(=O)[O-])NC(=O)OC(C)(C)C. The van der Waals surface area contributed by atoms with E-state index in [0.717, 1.165) is 5.41 Å². The first-order valence-electron chi connectivity index (χ1n) is 6.76. The Bertz CT molecular complexity index is 417. The van der Waals surface area contributed by atoms with Gasteiger partial charge in [-0.1, -0.05) is 6.08 Å². The molecule has 128 valence electrons. The van der Waals surface area contributed by atoms with Crippen LogP contribution in [0.15, 0.2) is 11.5 Å². The Morgan fingerprint density at radius 2 is 1.64 bits per heavy atom. The van der Waals surface area contributed by atoms with E-state index in [1.165, 1.54) is 6.08 Å². The Hall–Kier alpha value is -1.41. The van der Waals surface area contributed by atoms with Crippen molar-refractivity contribution in [1.82, 2.24) is 5.32 Å². The smallest absolute Gasteiger partial charge is 0.408 e. The Kier molecular flexibility index (Phi) is 7.75. The summed E-state index contributed by atoms with van der Waals surface area (Å²) in [5.41, 5.74) is -1.37. The maximum atomic E-state index is 11.8. The van der Waals surface area contributed by atoms with Crippen LogP contribution in [0.4, 0.5) is 4.79 Å². The molecule has 0 aromatic heterocycles. The molecule has 0 rings (SSSR count). The monoisotopic (exact) mass is 334 g/mol. The van der Waals surface area contributed by atoms with Crippen LogP contribution in [0, 0.1) is 0 Å². The van der Waals surface area contributed by atoms with Crippen molar-refractivity contribution in [2.45, 2.75) is 65.2 Å². The number of nitrogens with one attached hydrogen (secondary N) is 1. The average molecular weight is 334 g/mol. The minimum absolute atomic E-state index is 0.204. The predicted octanol–water partition coefficient (Wildman–Crippen LogP) is 2.00. The quantitative estimate of drug-likeness (QED) is 0.609. The van der Waals surface area contributed by atoms with Gasteiger partial charge in [-0.3, -0.25) is 9.00 Å². The lowest BCUT2D eigenvalue weighted by molar-refractivity contribution is -0.155. The number of hydrogen-bond acceptors (Lipinski definition) is 6. The molecule has 0 aromatic carbocycles. The van der Waals surface area contributed by atoms with Crippen molar-refractivity contribution >= 4 is 23.1 Å². The lowest BCUT2D eigenvalue weighted by Crippen LogP contribution is -2.40. The summed E-state index contributed by atoms with van der Waals surface area (Å²) in [6, 6.07) is -0.845. The van der Waals surface area contributed by atoms with E-state index in [0.29, 0.717) is 0 Å². The highest BCUT2D eigenvalue weighted by Crippen LogP contribution is 2.11. The van der Waals surface area contributed by atoms with E-state index in [1.807, 2.05) is 0 Å². The van der Waals surface area contributed by atoms with Crippen LogP contribution in [0.5, 0.6) is 0 Å². The zero-order chi connectivity index (χ0) is 17.6. The fourth-order valence-corrected chi connectivity index (χ4v) is 1.67. The lowest BCUT2D eigenvalue weighted by Gasteiger charge is -2.24. The van der Waals surface area contributed by atoms with E-state index in [-0.39, 0.29) is 6.42 Å². The molecule has 0 spiro atoms. The molecule has 7 nitrogen and oxygen atoms in total. The largest absolute Gasteiger partial charge is 0.769 e. The van der Waals surface area contributed by atoms with Gasteiger partial charge in [0.05, 0.1) is 12.5 Å². The maximum Gasteiger partial charge on any atom is 0.408 e. The third kappa shape index (κ3) is 12.3. The topological polar surface area (TPSA) is 105 Å². The molecule has 0 heterocycles. The molecule has 0 aliphatic rings. The summed E-state index contributed by atoms with van der Waals surface area (Å²) in [7, 11) is 0. The van der Waals surface area contributed by atoms with Gasteiger partial charge in [0.1, 0.15) is 11.2 Å². The molecule has 22 heavy (non-hydrogen) atoms. The van der Waals surface area contributed by atoms with Crippen molar-refractivity contribution in [1.29, 1.82) is 0 Å². The standard InChI is InChI=1S/C14H25NO6S/c1-13(2,3)20-11(16)9-10(7-8-22(18)19)15-12(17)21-14(4,5)6/h7-8,10H,9H2,1-6H3,(H,15,17)(H,18,19)/p-1/b8-7+/t10-/m1/s1. The van der Waals surface area contributed by atoms with Gasteiger partial charge in [-0.05, 0) is 58.0 Å². The molecule has 0 aliphatic heterocycles. The summed E-state index contributed by atoms with van der Waals surface area (Å²) in [6.07, 6.45) is 0.239. The molecule has 8 heteroatoms. The van der Waals surface area contributed by atoms with Gasteiger partial charge < -0.3 is 19.3 Å². The summed E-state index contributed by atoms with van der Waals surface area (Å²) < 4.78 is 31.4. The Balaban J connectivity index is 4.80. The highest BCUT2D eigenvalue weighted by atomic mass is 32.2. The van der Waals surface area contributed by atoms with Crippen LogP contribution in [0.2, 0.25) is 0 Å². The lowest BCUT2D eigenvalue weighted by atomic mass is 10.1. The molecule has 0 bridgehead atoms. The number of rotatable bonds is 5. The summed E-state index contributed by atoms with van der Waals surface area (Å²) in [4.78, 5) is 23.5. The number of ether oxygens (including phenoxy) is 2. The van der Waals surface area contributed by atoms with E-state index in [9.17, 15) is 18.4 Å². The van der Waals surface area contributed by atoms with E-state index in [2.05, 4.69) is 5.32 Å². The molecule has 0 saturated heterocycles. The van der Waals surface area contributed by atoms with Crippen LogP contribution in [-0.2, 0) is 25.3 Å². The van der Waals surface area contributed by atoms with Crippen molar-refractivity contribution < 1.29 is 27.8 Å². The highest BCUT2D eigenvalue weighted by molar-refractivity contribution is 7.82. The third-order valence-electron chi connectivity index (χ3n) is 1.93. The van der Waals surface area contributed by atoms with Gasteiger partial charge in [-0.25, -0.2) is 4.79 Å². The van der Waals surface area contributed by atoms with Crippen molar-refractivity contribution in [2.75, 3.05) is 0 Å². The number of carbonyl (C=O) groups excluding carboxylic acids is 2. The number of hydrogen-bond donors (Lipinski definition) is 1. The molecular formula is C14H24NO6S-. The Labute approximate surface area is 133 Å². The van der Waals surface area contributed by atoms with Gasteiger partial charge in [-0.15, -0.1) is 0 Å². The molecule has 0 aromatic rings. The zero-order valence-corrected chi connectivity index (χ0v) is 14.6. The first-order chi connectivity index (χ1) is 9.78. The molecule has 1 unspecified atom stereocenters. The molecule has 0 aliphatic carbocycles. The zero-order valence-electron chi connectivity index (χ0n) is 13.8. The van der Waals surface area contributed by atoms with Crippen LogP contribution < -0.4 is 5.32 Å². The fraction of sp³-hybridized carbons (Fsp3) is 0.714. The summed E-state index contributed by atoms with van der Waals surface area (Å²) in [5.74, 6) is -0.560. The van der Waals surface area contributed by atoms with E-state index < -0.39 is 40.4 Å². The Morgan fingerprint density at radius 1 is 1.14 bits per heavy atom. The van der Waals surface area contributed by atoms with Crippen LogP contribution in [0.25, 0.3) is 0 Å². The minimum atomic E-state index is -2.43. The number of amides is 1. The molecule has 2 atom stereocenters. The molecule has 0 radical (unpaired) electrons. The van der Waals surface area contributed by atoms with E-state index in [4.69, 9.17) is 9.47 Å². The first-order valence-corrected chi connectivity index (χ1v) is 7.90. The van der Waals surface area contributed by atoms with Gasteiger partial charge in [0.25, 0.3) is 0 Å². The average Bonchev–Trinajstić information content (AvgIpc) is 2.19. The fourth-order valence-electron chi connectivity index (χ4n) is 1.35. The number of alkyl carbamates (subject to hydrolysis) is 1. The van der Waals surface area contributed by atoms with Gasteiger partial charge in [0.15, 0.2) is 0 Å². The second-order valence-electron chi connectivity index (χ2n) is 6.63. The van der Waals surface area contributed by atoms with E-state index >= 15 is 0 Å². The summed E-state index contributed by atoms with van der Waals surface area (Å²) >= 11 is -2.43. The van der Waals surface area contributed by atoms with Crippen LogP contribution in [-0.4, -0.2) is 38.1 Å². The molecule has 1 amide bonds. The highest BCUT2D eigenvalue weighted by Gasteiger charge is 2.22. The number of esters is 1. The second kappa shape index (κ2) is 8.28. The molecule has 0 saturated carbocycles. The van der Waals surface area contributed by atoms with Gasteiger partial charge >= 0.3 is 12.1 Å². The maximum absolute atomic E-state index is 11.8. The Morgan fingerprint density at radius 3 is 2.05 bits per heavy atom. The van der Waals surface area contributed by atoms with Crippen molar-refractivity contribution in [3.05, 3.63) is 11.5 Å². The van der Waals surface area contributed by atoms with E-state index in [1.54, 1.807) is 41.5 Å². The molecular weight excluding hydrogens is 310 g/mol. The van der Waals surface area contributed by atoms with Crippen molar-refractivity contribution in [3.63, 3.8) is 0 Å².